The van der Waals surface area contributed by atoms with Crippen molar-refractivity contribution in [3.05, 3.63) is 62.5 Å². The van der Waals surface area contributed by atoms with Crippen molar-refractivity contribution in [2.45, 2.75) is 25.3 Å². The van der Waals surface area contributed by atoms with Crippen LogP contribution < -0.4 is 5.32 Å². The summed E-state index contributed by atoms with van der Waals surface area (Å²) in [5.41, 5.74) is 2.43. The fourth-order valence-electron chi connectivity index (χ4n) is 2.68. The van der Waals surface area contributed by atoms with Crippen LogP contribution in [0.25, 0.3) is 0 Å². The minimum absolute atomic E-state index is 0.0100. The standard InChI is InChI=1S/C15H14N2O3S/c18-15(13-8-9-14(21-13)17(19)20)16-12-7-3-5-10-4-1-2-6-11(10)12/h1-2,4,6,8-9,12H,3,5,7H2,(H,16,18). The van der Waals surface area contributed by atoms with E-state index in [2.05, 4.69) is 11.4 Å². The molecule has 1 aromatic carbocycles. The number of hydrogen-bond donors (Lipinski definition) is 1. The maximum absolute atomic E-state index is 12.2. The Hall–Kier alpha value is -2.21. The Bertz CT molecular complexity index is 696. The summed E-state index contributed by atoms with van der Waals surface area (Å²) in [5, 5.41) is 13.7. The van der Waals surface area contributed by atoms with Gasteiger partial charge in [0.15, 0.2) is 0 Å². The van der Waals surface area contributed by atoms with Crippen molar-refractivity contribution in [1.82, 2.24) is 5.32 Å². The molecule has 6 heteroatoms. The third kappa shape index (κ3) is 2.80. The lowest BCUT2D eigenvalue weighted by molar-refractivity contribution is -0.380. The molecule has 5 nitrogen and oxygen atoms in total. The van der Waals surface area contributed by atoms with Crippen molar-refractivity contribution >= 4 is 22.2 Å². The van der Waals surface area contributed by atoms with Gasteiger partial charge in [0.05, 0.1) is 15.8 Å². The lowest BCUT2D eigenvalue weighted by Crippen LogP contribution is -2.30. The summed E-state index contributed by atoms with van der Waals surface area (Å²) in [4.78, 5) is 22.8. The van der Waals surface area contributed by atoms with Crippen LogP contribution in [0.5, 0.6) is 0 Å². The van der Waals surface area contributed by atoms with E-state index in [1.165, 1.54) is 17.7 Å². The van der Waals surface area contributed by atoms with E-state index in [1.54, 1.807) is 0 Å². The van der Waals surface area contributed by atoms with Crippen LogP contribution in [-0.4, -0.2) is 10.8 Å². The molecular formula is C15H14N2O3S. The van der Waals surface area contributed by atoms with E-state index in [-0.39, 0.29) is 17.0 Å². The van der Waals surface area contributed by atoms with Gasteiger partial charge in [0.1, 0.15) is 0 Å². The summed E-state index contributed by atoms with van der Waals surface area (Å²) in [6, 6.07) is 11.0. The highest BCUT2D eigenvalue weighted by molar-refractivity contribution is 7.17. The van der Waals surface area contributed by atoms with Crippen LogP contribution in [0.1, 0.15) is 39.7 Å². The molecular weight excluding hydrogens is 288 g/mol. The Labute approximate surface area is 125 Å². The zero-order valence-corrected chi connectivity index (χ0v) is 12.1. The number of nitro groups is 1. The molecule has 1 unspecified atom stereocenters. The molecule has 108 valence electrons. The second-order valence-electron chi connectivity index (χ2n) is 5.01. The smallest absolute Gasteiger partial charge is 0.324 e. The van der Waals surface area contributed by atoms with E-state index >= 15 is 0 Å². The molecule has 1 amide bonds. The molecule has 1 aliphatic rings. The quantitative estimate of drug-likeness (QED) is 0.697. The van der Waals surface area contributed by atoms with E-state index in [4.69, 9.17) is 0 Å². The van der Waals surface area contributed by atoms with Gasteiger partial charge < -0.3 is 5.32 Å². The molecule has 0 bridgehead atoms. The fraction of sp³-hybridized carbons (Fsp3) is 0.267. The largest absolute Gasteiger partial charge is 0.345 e. The zero-order chi connectivity index (χ0) is 14.8. The summed E-state index contributed by atoms with van der Waals surface area (Å²) in [5.74, 6) is -0.241. The number of nitrogens with zero attached hydrogens (tertiary/aromatic N) is 1. The number of rotatable bonds is 3. The number of benzene rings is 1. The predicted molar refractivity (Wildman–Crippen MR) is 80.6 cm³/mol. The van der Waals surface area contributed by atoms with Gasteiger partial charge in [-0.25, -0.2) is 0 Å². The molecule has 0 radical (unpaired) electrons. The Morgan fingerprint density at radius 1 is 1.29 bits per heavy atom. The average molecular weight is 302 g/mol. The molecule has 1 aromatic heterocycles. The van der Waals surface area contributed by atoms with E-state index in [0.29, 0.717) is 4.88 Å². The average Bonchev–Trinajstić information content (AvgIpc) is 2.98. The van der Waals surface area contributed by atoms with E-state index in [1.807, 2.05) is 18.2 Å². The number of carbonyl (C=O) groups excluding carboxylic acids is 1. The third-order valence-corrected chi connectivity index (χ3v) is 4.71. The minimum Gasteiger partial charge on any atom is -0.345 e. The molecule has 21 heavy (non-hydrogen) atoms. The lowest BCUT2D eigenvalue weighted by atomic mass is 9.88. The van der Waals surface area contributed by atoms with Crippen LogP contribution in [-0.2, 0) is 6.42 Å². The first-order valence-corrected chi connectivity index (χ1v) is 7.59. The Balaban J connectivity index is 1.77. The molecule has 1 atom stereocenters. The molecule has 2 aromatic rings. The predicted octanol–water partition coefficient (Wildman–Crippen LogP) is 3.46. The van der Waals surface area contributed by atoms with Gasteiger partial charge in [0, 0.05) is 6.07 Å². The summed E-state index contributed by atoms with van der Waals surface area (Å²) in [6.07, 6.45) is 2.97. The van der Waals surface area contributed by atoms with Gasteiger partial charge in [-0.1, -0.05) is 35.6 Å². The molecule has 0 aliphatic heterocycles. The van der Waals surface area contributed by atoms with Crippen LogP contribution in [0.3, 0.4) is 0 Å². The Morgan fingerprint density at radius 2 is 2.10 bits per heavy atom. The number of amides is 1. The van der Waals surface area contributed by atoms with E-state index < -0.39 is 4.92 Å². The number of fused-ring (bicyclic) bond motifs is 1. The normalized spacial score (nSPS) is 17.0. The highest BCUT2D eigenvalue weighted by Crippen LogP contribution is 2.30. The molecule has 0 saturated carbocycles. The number of thiophene rings is 1. The molecule has 0 fully saturated rings. The van der Waals surface area contributed by atoms with Crippen LogP contribution in [0.2, 0.25) is 0 Å². The fourth-order valence-corrected chi connectivity index (χ4v) is 3.40. The molecule has 1 heterocycles. The van der Waals surface area contributed by atoms with Crippen molar-refractivity contribution in [2.24, 2.45) is 0 Å². The van der Waals surface area contributed by atoms with E-state index in [0.717, 1.165) is 36.2 Å². The SMILES string of the molecule is O=C(NC1CCCc2ccccc21)c1ccc([N+](=O)[O-])s1. The van der Waals surface area contributed by atoms with Gasteiger partial charge in [0.25, 0.3) is 5.91 Å². The van der Waals surface area contributed by atoms with Crippen LogP contribution in [0, 0.1) is 10.1 Å². The van der Waals surface area contributed by atoms with Crippen LogP contribution >= 0.6 is 11.3 Å². The molecule has 1 N–H and O–H groups in total. The molecule has 0 spiro atoms. The Morgan fingerprint density at radius 3 is 2.86 bits per heavy atom. The molecule has 3 rings (SSSR count). The highest BCUT2D eigenvalue weighted by atomic mass is 32.1. The first-order valence-electron chi connectivity index (χ1n) is 6.78. The van der Waals surface area contributed by atoms with Gasteiger partial charge in [-0.2, -0.15) is 0 Å². The maximum atomic E-state index is 12.2. The third-order valence-electron chi connectivity index (χ3n) is 3.67. The first-order chi connectivity index (χ1) is 10.1. The number of carbonyl (C=O) groups is 1. The van der Waals surface area contributed by atoms with Crippen LogP contribution in [0.15, 0.2) is 36.4 Å². The second-order valence-corrected chi connectivity index (χ2v) is 6.07. The van der Waals surface area contributed by atoms with Gasteiger partial charge in [0.2, 0.25) is 0 Å². The van der Waals surface area contributed by atoms with Gasteiger partial charge in [-0.05, 0) is 36.5 Å². The van der Waals surface area contributed by atoms with Crippen molar-refractivity contribution < 1.29 is 9.72 Å². The maximum Gasteiger partial charge on any atom is 0.324 e. The summed E-state index contributed by atoms with van der Waals surface area (Å²) in [7, 11) is 0. The summed E-state index contributed by atoms with van der Waals surface area (Å²) >= 11 is 0.908. The van der Waals surface area contributed by atoms with Crippen molar-refractivity contribution in [2.75, 3.05) is 0 Å². The topological polar surface area (TPSA) is 72.2 Å². The van der Waals surface area contributed by atoms with E-state index in [9.17, 15) is 14.9 Å². The highest BCUT2D eigenvalue weighted by Gasteiger charge is 2.23. The van der Waals surface area contributed by atoms with Crippen molar-refractivity contribution in [1.29, 1.82) is 0 Å². The molecule has 1 aliphatic carbocycles. The monoisotopic (exact) mass is 302 g/mol. The Kier molecular flexibility index (Phi) is 3.70. The van der Waals surface area contributed by atoms with Crippen molar-refractivity contribution in [3.8, 4) is 0 Å². The summed E-state index contributed by atoms with van der Waals surface area (Å²) < 4.78 is 0. The molecule has 0 saturated heterocycles. The zero-order valence-electron chi connectivity index (χ0n) is 11.2. The van der Waals surface area contributed by atoms with Gasteiger partial charge in [-0.3, -0.25) is 14.9 Å². The van der Waals surface area contributed by atoms with Crippen molar-refractivity contribution in [3.63, 3.8) is 0 Å². The number of hydrogen-bond acceptors (Lipinski definition) is 4. The minimum atomic E-state index is -0.475. The number of aryl methyl sites for hydroxylation is 1. The first kappa shape index (κ1) is 13.8. The van der Waals surface area contributed by atoms with Gasteiger partial charge in [-0.15, -0.1) is 0 Å². The lowest BCUT2D eigenvalue weighted by Gasteiger charge is -2.26. The summed E-state index contributed by atoms with van der Waals surface area (Å²) in [6.45, 7) is 0. The van der Waals surface area contributed by atoms with Crippen LogP contribution in [0.4, 0.5) is 5.00 Å². The second kappa shape index (κ2) is 5.65. The number of nitrogens with one attached hydrogen (secondary N) is 1. The van der Waals surface area contributed by atoms with Gasteiger partial charge >= 0.3 is 5.00 Å².